The predicted molar refractivity (Wildman–Crippen MR) is 154 cm³/mol. The summed E-state index contributed by atoms with van der Waals surface area (Å²) in [6.45, 7) is 2.61. The Hall–Kier alpha value is -4.72. The summed E-state index contributed by atoms with van der Waals surface area (Å²) in [6.07, 6.45) is 0. The Morgan fingerprint density at radius 2 is 0.837 bits per heavy atom. The molecule has 4 aromatic carbocycles. The van der Waals surface area contributed by atoms with Gasteiger partial charge in [-0.15, -0.1) is 0 Å². The first-order valence-corrected chi connectivity index (χ1v) is 13.5. The number of allylic oxidation sites excluding steroid dienone is 2. The largest absolute Gasteiger partial charge is 0.461 e. The zero-order chi connectivity index (χ0) is 30.3. The Morgan fingerprint density at radius 1 is 0.465 bits per heavy atom. The average molecular weight is 589 g/mol. The molecule has 0 N–H and O–H groups in total. The van der Waals surface area contributed by atoms with E-state index >= 15 is 26.3 Å². The molecule has 43 heavy (non-hydrogen) atoms. The number of hydrogen-bond acceptors (Lipinski definition) is 2. The Morgan fingerprint density at radius 3 is 1.21 bits per heavy atom. The molecule has 6 aromatic rings. The minimum atomic E-state index is -5.72. The summed E-state index contributed by atoms with van der Waals surface area (Å²) in [5, 5.41) is 0.0457. The van der Waals surface area contributed by atoms with E-state index in [1.54, 1.807) is 24.3 Å². The highest BCUT2D eigenvalue weighted by atomic mass is 19.3. The summed E-state index contributed by atoms with van der Waals surface area (Å²) in [4.78, 5) is 0. The van der Waals surface area contributed by atoms with Gasteiger partial charge in [0.05, 0.1) is 0 Å². The Kier molecular flexibility index (Phi) is 5.77. The van der Waals surface area contributed by atoms with Gasteiger partial charge in [-0.1, -0.05) is 72.8 Å². The summed E-state index contributed by atoms with van der Waals surface area (Å²) in [5.74, 6) is -16.5. The van der Waals surface area contributed by atoms with Crippen LogP contribution in [-0.4, -0.2) is 17.8 Å². The molecule has 0 fully saturated rings. The van der Waals surface area contributed by atoms with Gasteiger partial charge in [0.1, 0.15) is 22.7 Å². The molecule has 0 unspecified atom stereocenters. The van der Waals surface area contributed by atoms with Crippen LogP contribution >= 0.6 is 0 Å². The molecular weight excluding hydrogens is 566 g/mol. The van der Waals surface area contributed by atoms with Crippen molar-refractivity contribution >= 4 is 33.1 Å². The molecule has 0 amide bonds. The number of furan rings is 2. The van der Waals surface area contributed by atoms with Gasteiger partial charge in [0, 0.05) is 33.0 Å². The van der Waals surface area contributed by atoms with Gasteiger partial charge >= 0.3 is 17.8 Å². The lowest BCUT2D eigenvalue weighted by atomic mass is 9.91. The number of benzene rings is 4. The van der Waals surface area contributed by atoms with E-state index in [0.29, 0.717) is 11.1 Å². The first kappa shape index (κ1) is 27.1. The van der Waals surface area contributed by atoms with E-state index in [1.165, 1.54) is 26.0 Å². The number of fused-ring (bicyclic) bond motifs is 2. The van der Waals surface area contributed by atoms with Gasteiger partial charge in [0.2, 0.25) is 0 Å². The Balaban J connectivity index is 1.51. The lowest BCUT2D eigenvalue weighted by molar-refractivity contribution is -0.254. The second-order valence-corrected chi connectivity index (χ2v) is 10.7. The third-order valence-corrected chi connectivity index (χ3v) is 8.11. The van der Waals surface area contributed by atoms with Crippen LogP contribution in [0.5, 0.6) is 0 Å². The summed E-state index contributed by atoms with van der Waals surface area (Å²) < 4.78 is 105. The van der Waals surface area contributed by atoms with Crippen molar-refractivity contribution in [3.63, 3.8) is 0 Å². The Bertz CT molecular complexity index is 1920. The van der Waals surface area contributed by atoms with Gasteiger partial charge < -0.3 is 8.83 Å². The molecule has 0 bridgehead atoms. The molecule has 2 aromatic heterocycles. The van der Waals surface area contributed by atoms with E-state index in [-0.39, 0.29) is 33.5 Å². The van der Waals surface area contributed by atoms with Crippen LogP contribution < -0.4 is 0 Å². The summed E-state index contributed by atoms with van der Waals surface area (Å²) in [7, 11) is 0. The van der Waals surface area contributed by atoms with E-state index in [9.17, 15) is 0 Å². The summed E-state index contributed by atoms with van der Waals surface area (Å²) in [6, 6.07) is 27.5. The van der Waals surface area contributed by atoms with Gasteiger partial charge in [-0.3, -0.25) is 0 Å². The fourth-order valence-electron chi connectivity index (χ4n) is 6.07. The Labute approximate surface area is 241 Å². The molecule has 2 heterocycles. The van der Waals surface area contributed by atoms with E-state index in [0.717, 1.165) is 11.1 Å². The van der Waals surface area contributed by atoms with Gasteiger partial charge in [-0.05, 0) is 60.4 Å². The first-order chi connectivity index (χ1) is 20.4. The third kappa shape index (κ3) is 3.75. The monoisotopic (exact) mass is 588 g/mol. The van der Waals surface area contributed by atoms with Crippen LogP contribution in [0.4, 0.5) is 26.3 Å². The number of halogens is 6. The molecule has 2 nitrogen and oxygen atoms in total. The molecule has 1 aliphatic carbocycles. The van der Waals surface area contributed by atoms with E-state index in [1.807, 2.05) is 60.7 Å². The molecule has 216 valence electrons. The lowest BCUT2D eigenvalue weighted by Gasteiger charge is -2.25. The number of hydrogen-bond donors (Lipinski definition) is 0. The zero-order valence-electron chi connectivity index (χ0n) is 22.8. The molecule has 0 radical (unpaired) electrons. The van der Waals surface area contributed by atoms with Crippen LogP contribution in [0.2, 0.25) is 0 Å². The maximum absolute atomic E-state index is 15.8. The van der Waals surface area contributed by atoms with Crippen LogP contribution in [0.25, 0.3) is 55.3 Å². The topological polar surface area (TPSA) is 26.3 Å². The van der Waals surface area contributed by atoms with Crippen molar-refractivity contribution in [1.82, 2.24) is 0 Å². The highest BCUT2D eigenvalue weighted by molar-refractivity contribution is 6.12. The molecule has 0 atom stereocenters. The molecule has 0 spiro atoms. The zero-order valence-corrected chi connectivity index (χ0v) is 22.8. The summed E-state index contributed by atoms with van der Waals surface area (Å²) in [5.41, 5.74) is -0.716. The van der Waals surface area contributed by atoms with E-state index < -0.39 is 40.0 Å². The van der Waals surface area contributed by atoms with Crippen LogP contribution in [-0.2, 0) is 0 Å². The van der Waals surface area contributed by atoms with E-state index in [4.69, 9.17) is 8.83 Å². The molecule has 0 aliphatic heterocycles. The van der Waals surface area contributed by atoms with Crippen LogP contribution in [0, 0.1) is 13.8 Å². The van der Waals surface area contributed by atoms with Gasteiger partial charge in [-0.25, -0.2) is 0 Å². The highest BCUT2D eigenvalue weighted by Crippen LogP contribution is 2.66. The van der Waals surface area contributed by atoms with Crippen molar-refractivity contribution in [3.05, 3.63) is 120 Å². The highest BCUT2D eigenvalue weighted by Gasteiger charge is 2.80. The average Bonchev–Trinajstić information content (AvgIpc) is 3.52. The van der Waals surface area contributed by atoms with Crippen LogP contribution in [0.3, 0.4) is 0 Å². The quantitative estimate of drug-likeness (QED) is 0.192. The maximum Gasteiger partial charge on any atom is 0.380 e. The van der Waals surface area contributed by atoms with Crippen molar-refractivity contribution < 1.29 is 35.2 Å². The van der Waals surface area contributed by atoms with Crippen molar-refractivity contribution in [3.8, 4) is 22.3 Å². The van der Waals surface area contributed by atoms with E-state index in [2.05, 4.69) is 0 Å². The molecule has 0 saturated heterocycles. The van der Waals surface area contributed by atoms with Crippen molar-refractivity contribution in [2.24, 2.45) is 0 Å². The molecule has 0 saturated carbocycles. The number of aryl methyl sites for hydroxylation is 2. The maximum atomic E-state index is 15.8. The van der Waals surface area contributed by atoms with Crippen molar-refractivity contribution in [2.45, 2.75) is 31.6 Å². The van der Waals surface area contributed by atoms with Gasteiger partial charge in [0.15, 0.2) is 0 Å². The third-order valence-electron chi connectivity index (χ3n) is 8.11. The van der Waals surface area contributed by atoms with Gasteiger partial charge in [0.25, 0.3) is 0 Å². The van der Waals surface area contributed by atoms with Crippen LogP contribution in [0.1, 0.15) is 22.6 Å². The minimum Gasteiger partial charge on any atom is -0.461 e. The van der Waals surface area contributed by atoms with Gasteiger partial charge in [-0.2, -0.15) is 26.3 Å². The second kappa shape index (κ2) is 9.14. The molecule has 1 aliphatic rings. The predicted octanol–water partition coefficient (Wildman–Crippen LogP) is 11.0. The number of rotatable bonds is 4. The molecule has 8 heteroatoms. The minimum absolute atomic E-state index is 0.0228. The first-order valence-electron chi connectivity index (χ1n) is 13.5. The lowest BCUT2D eigenvalue weighted by Crippen LogP contribution is -2.49. The SMILES string of the molecule is Cc1oc2cc(-c3ccccc3)ccc2c1C1=C(c2c(C)oc3cc(-c4ccccc4)ccc23)C(F)(F)C(F)(F)C1(F)F. The van der Waals surface area contributed by atoms with Crippen molar-refractivity contribution in [2.75, 3.05) is 0 Å². The van der Waals surface area contributed by atoms with Crippen molar-refractivity contribution in [1.29, 1.82) is 0 Å². The second-order valence-electron chi connectivity index (χ2n) is 10.7. The smallest absolute Gasteiger partial charge is 0.380 e. The fraction of sp³-hybridized carbons (Fsp3) is 0.143. The number of alkyl halides is 6. The standard InChI is InChI=1S/C35H22F6O2/c1-19-29(25-15-13-23(17-27(25)42-19)21-9-5-3-6-10-21)31-32(34(38,39)35(40,41)33(31,36)37)30-20(2)43-28-18-24(14-16-26(28)30)22-11-7-4-8-12-22/h3-18H,1-2H3. The fourth-order valence-corrected chi connectivity index (χ4v) is 6.07. The normalized spacial score (nSPS) is 17.3. The van der Waals surface area contributed by atoms with Crippen LogP contribution in [0.15, 0.2) is 106 Å². The molecular formula is C35H22F6O2. The molecule has 7 rings (SSSR count). The summed E-state index contributed by atoms with van der Waals surface area (Å²) >= 11 is 0.